The van der Waals surface area contributed by atoms with E-state index in [0.29, 0.717) is 28.1 Å². The molecule has 0 bridgehead atoms. The fourth-order valence-electron chi connectivity index (χ4n) is 12.9. The second kappa shape index (κ2) is 22.7. The van der Waals surface area contributed by atoms with Crippen LogP contribution in [0.1, 0.15) is 11.1 Å². The molecular formula is C82H50F3N7. The average Bonchev–Trinajstić information content (AvgIpc) is 1.53. The molecule has 0 aliphatic rings. The maximum atomic E-state index is 15.8. The largest absolute Gasteiger partial charge is 0.417 e. The number of hydrogen-bond donors (Lipinski definition) is 0. The van der Waals surface area contributed by atoms with E-state index in [1.807, 2.05) is 235 Å². The highest BCUT2D eigenvalue weighted by atomic mass is 19.4. The van der Waals surface area contributed by atoms with Crippen molar-refractivity contribution >= 4 is 43.6 Å². The Kier molecular flexibility index (Phi) is 13.6. The van der Waals surface area contributed by atoms with Crippen LogP contribution < -0.4 is 0 Å². The van der Waals surface area contributed by atoms with E-state index in [4.69, 9.17) is 19.9 Å². The maximum Gasteiger partial charge on any atom is 0.417 e. The molecule has 92 heavy (non-hydrogen) atoms. The van der Waals surface area contributed by atoms with Gasteiger partial charge in [0.15, 0.2) is 0 Å². The topological polar surface area (TPSA) is 85.2 Å². The molecule has 0 saturated heterocycles. The first kappa shape index (κ1) is 55.0. The third-order valence-corrected chi connectivity index (χ3v) is 17.2. The third-order valence-electron chi connectivity index (χ3n) is 17.2. The van der Waals surface area contributed by atoms with E-state index in [2.05, 4.69) is 47.0 Å². The van der Waals surface area contributed by atoms with Crippen molar-refractivity contribution in [2.45, 2.75) is 6.18 Å². The van der Waals surface area contributed by atoms with Gasteiger partial charge < -0.3 is 9.13 Å². The van der Waals surface area contributed by atoms with Crippen molar-refractivity contribution in [1.29, 1.82) is 5.26 Å². The Balaban J connectivity index is 1.01. The average molecular weight is 1190 g/mol. The van der Waals surface area contributed by atoms with Crippen LogP contribution >= 0.6 is 0 Å². The van der Waals surface area contributed by atoms with Gasteiger partial charge in [0.2, 0.25) is 0 Å². The molecule has 10 heteroatoms. The summed E-state index contributed by atoms with van der Waals surface area (Å²) < 4.78 is 51.6. The first-order chi connectivity index (χ1) is 45.2. The number of nitriles is 1. The van der Waals surface area contributed by atoms with Crippen LogP contribution in [-0.2, 0) is 6.18 Å². The van der Waals surface area contributed by atoms with Crippen molar-refractivity contribution in [3.8, 4) is 119 Å². The normalized spacial score (nSPS) is 11.6. The first-order valence-electron chi connectivity index (χ1n) is 30.2. The smallest absolute Gasteiger partial charge is 0.308 e. The number of alkyl halides is 3. The molecule has 7 nitrogen and oxygen atoms in total. The minimum absolute atomic E-state index is 0.0876. The summed E-state index contributed by atoms with van der Waals surface area (Å²) in [4.78, 5) is 20.8. The van der Waals surface area contributed by atoms with Gasteiger partial charge in [-0.2, -0.15) is 18.4 Å². The van der Waals surface area contributed by atoms with Gasteiger partial charge in [-0.3, -0.25) is 0 Å². The summed E-state index contributed by atoms with van der Waals surface area (Å²) in [6, 6.07) is 100. The van der Waals surface area contributed by atoms with Crippen molar-refractivity contribution < 1.29 is 13.2 Å². The quantitative estimate of drug-likeness (QED) is 0.129. The van der Waals surface area contributed by atoms with E-state index in [9.17, 15) is 5.26 Å². The Morgan fingerprint density at radius 1 is 0.283 bits per heavy atom. The minimum Gasteiger partial charge on any atom is -0.308 e. The predicted molar refractivity (Wildman–Crippen MR) is 365 cm³/mol. The number of aromatic nitrogens is 6. The molecule has 0 fully saturated rings. The summed E-state index contributed by atoms with van der Waals surface area (Å²) in [6.45, 7) is 0. The van der Waals surface area contributed by atoms with Gasteiger partial charge in [0.25, 0.3) is 0 Å². The molecule has 10 aromatic carbocycles. The molecule has 16 rings (SSSR count). The lowest BCUT2D eigenvalue weighted by atomic mass is 9.94. The lowest BCUT2D eigenvalue weighted by molar-refractivity contribution is -0.137. The molecule has 434 valence electrons. The third kappa shape index (κ3) is 9.82. The minimum atomic E-state index is -4.78. The van der Waals surface area contributed by atoms with Gasteiger partial charge in [-0.15, -0.1) is 0 Å². The van der Waals surface area contributed by atoms with Gasteiger partial charge in [0, 0.05) is 71.6 Å². The van der Waals surface area contributed by atoms with Crippen LogP contribution in [0.5, 0.6) is 0 Å². The Labute approximate surface area is 527 Å². The number of pyridine rings is 4. The zero-order valence-corrected chi connectivity index (χ0v) is 49.1. The van der Waals surface area contributed by atoms with Crippen LogP contribution in [0.25, 0.3) is 156 Å². The molecule has 0 N–H and O–H groups in total. The summed E-state index contributed by atoms with van der Waals surface area (Å²) in [5.41, 5.74) is 15.9. The number of halogens is 3. The molecule has 0 unspecified atom stereocenters. The SMILES string of the molecule is N#Cc1c(-n2c3cc(-c4cccc(-c5ccccc5)n4)ccc3c3ccc(-c4cccc(-c5ccccc5)n4)cc32)ccc(-c2ccccc2C(F)(F)F)c1-n1c2cc(-c3cccc(-c4ccccc4)n3)ccc2c2ccc(-c3cccc(-c4ccccc4)n3)cc21. The van der Waals surface area contributed by atoms with Crippen molar-refractivity contribution in [2.24, 2.45) is 0 Å². The fraction of sp³-hybridized carbons (Fsp3) is 0.0122. The lowest BCUT2D eigenvalue weighted by Gasteiger charge is -2.22. The molecule has 0 amide bonds. The Morgan fingerprint density at radius 3 is 0.913 bits per heavy atom. The fourth-order valence-corrected chi connectivity index (χ4v) is 12.9. The Hall–Kier alpha value is -12.3. The summed E-state index contributed by atoms with van der Waals surface area (Å²) >= 11 is 0. The van der Waals surface area contributed by atoms with Crippen LogP contribution in [0, 0.1) is 11.3 Å². The molecular weight excluding hydrogens is 1140 g/mol. The molecule has 0 radical (unpaired) electrons. The molecule has 0 saturated carbocycles. The summed E-state index contributed by atoms with van der Waals surface area (Å²) in [7, 11) is 0. The highest BCUT2D eigenvalue weighted by molar-refractivity contribution is 6.14. The van der Waals surface area contributed by atoms with E-state index >= 15 is 13.2 Å². The summed E-state index contributed by atoms with van der Waals surface area (Å²) in [5.74, 6) is 0. The van der Waals surface area contributed by atoms with Gasteiger partial charge in [0.05, 0.1) is 84.6 Å². The lowest BCUT2D eigenvalue weighted by Crippen LogP contribution is -2.10. The van der Waals surface area contributed by atoms with E-state index < -0.39 is 11.7 Å². The number of rotatable bonds is 11. The van der Waals surface area contributed by atoms with Gasteiger partial charge in [-0.1, -0.05) is 218 Å². The molecule has 16 aromatic rings. The van der Waals surface area contributed by atoms with E-state index in [1.54, 1.807) is 18.2 Å². The molecule has 0 aliphatic heterocycles. The van der Waals surface area contributed by atoms with Gasteiger partial charge in [-0.05, 0) is 90.5 Å². The van der Waals surface area contributed by atoms with Crippen molar-refractivity contribution in [3.63, 3.8) is 0 Å². The van der Waals surface area contributed by atoms with Crippen LogP contribution in [0.3, 0.4) is 0 Å². The first-order valence-corrected chi connectivity index (χ1v) is 30.2. The predicted octanol–water partition coefficient (Wildman–Crippen LogP) is 21.4. The zero-order valence-electron chi connectivity index (χ0n) is 49.1. The molecule has 0 atom stereocenters. The van der Waals surface area contributed by atoms with E-state index in [-0.39, 0.29) is 22.4 Å². The molecule has 0 aliphatic carbocycles. The number of hydrogen-bond acceptors (Lipinski definition) is 5. The second-order valence-electron chi connectivity index (χ2n) is 22.7. The zero-order chi connectivity index (χ0) is 61.9. The van der Waals surface area contributed by atoms with Crippen LogP contribution in [0.4, 0.5) is 13.2 Å². The van der Waals surface area contributed by atoms with Gasteiger partial charge in [-0.25, -0.2) is 19.9 Å². The molecule has 6 aromatic heterocycles. The van der Waals surface area contributed by atoms with Crippen LogP contribution in [0.15, 0.2) is 303 Å². The highest BCUT2D eigenvalue weighted by Crippen LogP contribution is 2.47. The standard InChI is InChI=1S/C82H50F3N7/c83-82(84,85)67-28-14-13-27-60(67)65-45-46-76(91-77-47-56(72-33-15-29-68(87-72)52-19-5-1-6-20-52)37-41-61(77)62-42-38-57(48-78(62)91)73-34-16-30-69(88-73)53-21-7-2-8-22-53)66(51-86)81(65)92-79-49-58(74-35-17-31-70(89-74)54-23-9-3-10-24-54)39-43-63(79)64-44-40-59(50-80(64)92)75-36-18-32-71(90-75)55-25-11-4-12-26-55/h1-50H. The number of benzene rings is 10. The van der Waals surface area contributed by atoms with Crippen molar-refractivity contribution in [2.75, 3.05) is 0 Å². The summed E-state index contributed by atoms with van der Waals surface area (Å²) in [5, 5.41) is 15.8. The molecule has 6 heterocycles. The Morgan fingerprint density at radius 2 is 0.587 bits per heavy atom. The van der Waals surface area contributed by atoms with Gasteiger partial charge >= 0.3 is 6.18 Å². The number of nitrogens with zero attached hydrogens (tertiary/aromatic N) is 7. The van der Waals surface area contributed by atoms with Crippen LogP contribution in [-0.4, -0.2) is 29.1 Å². The maximum absolute atomic E-state index is 15.8. The van der Waals surface area contributed by atoms with Crippen molar-refractivity contribution in [3.05, 3.63) is 314 Å². The van der Waals surface area contributed by atoms with E-state index in [1.165, 1.54) is 12.1 Å². The number of fused-ring (bicyclic) bond motifs is 6. The highest BCUT2D eigenvalue weighted by Gasteiger charge is 2.35. The monoisotopic (exact) mass is 1190 g/mol. The summed E-state index contributed by atoms with van der Waals surface area (Å²) in [6.07, 6.45) is -4.78. The second-order valence-corrected chi connectivity index (χ2v) is 22.7. The van der Waals surface area contributed by atoms with E-state index in [0.717, 1.165) is 117 Å². The van der Waals surface area contributed by atoms with Crippen LogP contribution in [0.2, 0.25) is 0 Å². The molecule has 0 spiro atoms. The Bertz CT molecular complexity index is 5300. The van der Waals surface area contributed by atoms with Gasteiger partial charge in [0.1, 0.15) is 11.6 Å². The van der Waals surface area contributed by atoms with Crippen molar-refractivity contribution in [1.82, 2.24) is 29.1 Å².